The number of nitrogens with one attached hydrogen (secondary N) is 1. The van der Waals surface area contributed by atoms with Crippen LogP contribution in [0.3, 0.4) is 0 Å². The van der Waals surface area contributed by atoms with Crippen molar-refractivity contribution in [2.75, 3.05) is 26.3 Å². The zero-order valence-electron chi connectivity index (χ0n) is 14.4. The summed E-state index contributed by atoms with van der Waals surface area (Å²) in [5.41, 5.74) is 6.05. The Balaban J connectivity index is 1.82. The van der Waals surface area contributed by atoms with Gasteiger partial charge in [-0.3, -0.25) is 19.8 Å². The van der Waals surface area contributed by atoms with Gasteiger partial charge in [0.2, 0.25) is 5.91 Å². The Morgan fingerprint density at radius 3 is 2.43 bits per heavy atom. The van der Waals surface area contributed by atoms with Crippen LogP contribution in [0.5, 0.6) is 0 Å². The van der Waals surface area contributed by atoms with Gasteiger partial charge in [0.25, 0.3) is 5.91 Å². The number of nitrogens with two attached hydrogens (primary N) is 1. The minimum atomic E-state index is -0.430. The third kappa shape index (κ3) is 5.04. The second-order valence-electron chi connectivity index (χ2n) is 7.56. The first kappa shape index (κ1) is 17.9. The normalized spacial score (nSPS) is 24.1. The summed E-state index contributed by atoms with van der Waals surface area (Å²) in [6.45, 7) is 9.23. The molecule has 0 saturated carbocycles. The van der Waals surface area contributed by atoms with E-state index < -0.39 is 5.91 Å². The SMILES string of the molecule is CC(C)(C)C(N)=CC(=O)NC(=O)[C@@H]1CCN1CC1CCOCC1. The zero-order valence-corrected chi connectivity index (χ0v) is 14.4. The Kier molecular flexibility index (Phi) is 5.81. The molecule has 0 radical (unpaired) electrons. The molecule has 0 unspecified atom stereocenters. The number of allylic oxidation sites excluding steroid dienone is 1. The first-order valence-corrected chi connectivity index (χ1v) is 8.41. The number of ether oxygens (including phenoxy) is 1. The molecule has 0 bridgehead atoms. The molecule has 0 spiro atoms. The molecular weight excluding hydrogens is 294 g/mol. The van der Waals surface area contributed by atoms with Crippen LogP contribution >= 0.6 is 0 Å². The minimum absolute atomic E-state index is 0.189. The van der Waals surface area contributed by atoms with Crippen molar-refractivity contribution < 1.29 is 14.3 Å². The molecule has 23 heavy (non-hydrogen) atoms. The van der Waals surface area contributed by atoms with Crippen LogP contribution in [0.1, 0.15) is 40.0 Å². The molecule has 0 aromatic heterocycles. The van der Waals surface area contributed by atoms with E-state index in [1.165, 1.54) is 6.08 Å². The van der Waals surface area contributed by atoms with E-state index in [2.05, 4.69) is 10.2 Å². The summed E-state index contributed by atoms with van der Waals surface area (Å²) in [5, 5.41) is 2.45. The van der Waals surface area contributed by atoms with Crippen LogP contribution in [0.15, 0.2) is 11.8 Å². The van der Waals surface area contributed by atoms with E-state index in [0.717, 1.165) is 45.6 Å². The van der Waals surface area contributed by atoms with Crippen molar-refractivity contribution in [2.45, 2.75) is 46.1 Å². The van der Waals surface area contributed by atoms with Crippen LogP contribution in [-0.2, 0) is 14.3 Å². The molecule has 6 heteroatoms. The van der Waals surface area contributed by atoms with Crippen LogP contribution < -0.4 is 11.1 Å². The molecule has 2 aliphatic rings. The fourth-order valence-corrected chi connectivity index (χ4v) is 2.82. The molecular formula is C17H29N3O3. The molecule has 1 atom stereocenters. The molecule has 0 aliphatic carbocycles. The van der Waals surface area contributed by atoms with Crippen molar-refractivity contribution in [2.24, 2.45) is 17.1 Å². The van der Waals surface area contributed by atoms with E-state index in [9.17, 15) is 9.59 Å². The highest BCUT2D eigenvalue weighted by molar-refractivity contribution is 6.03. The van der Waals surface area contributed by atoms with E-state index in [1.807, 2.05) is 20.8 Å². The summed E-state index contributed by atoms with van der Waals surface area (Å²) < 4.78 is 5.36. The number of rotatable bonds is 4. The molecule has 2 aliphatic heterocycles. The number of imide groups is 1. The van der Waals surface area contributed by atoms with Gasteiger partial charge in [0.1, 0.15) is 0 Å². The van der Waals surface area contributed by atoms with E-state index in [-0.39, 0.29) is 17.4 Å². The topological polar surface area (TPSA) is 84.7 Å². The van der Waals surface area contributed by atoms with Crippen LogP contribution in [0.2, 0.25) is 0 Å². The minimum Gasteiger partial charge on any atom is -0.401 e. The smallest absolute Gasteiger partial charge is 0.252 e. The highest BCUT2D eigenvalue weighted by Gasteiger charge is 2.36. The predicted molar refractivity (Wildman–Crippen MR) is 88.4 cm³/mol. The number of amides is 2. The lowest BCUT2D eigenvalue weighted by Crippen LogP contribution is -2.58. The molecule has 2 fully saturated rings. The van der Waals surface area contributed by atoms with Gasteiger partial charge in [-0.05, 0) is 25.2 Å². The van der Waals surface area contributed by atoms with Crippen molar-refractivity contribution in [3.63, 3.8) is 0 Å². The average Bonchev–Trinajstić information content (AvgIpc) is 2.43. The summed E-state index contributed by atoms with van der Waals surface area (Å²) >= 11 is 0. The van der Waals surface area contributed by atoms with Crippen LogP contribution in [0.4, 0.5) is 0 Å². The average molecular weight is 323 g/mol. The number of likely N-dealkylation sites (tertiary alicyclic amines) is 1. The summed E-state index contributed by atoms with van der Waals surface area (Å²) in [5.74, 6) is -0.0573. The lowest BCUT2D eigenvalue weighted by atomic mass is 9.92. The molecule has 2 saturated heterocycles. The lowest BCUT2D eigenvalue weighted by Gasteiger charge is -2.42. The van der Waals surface area contributed by atoms with Crippen molar-refractivity contribution in [1.29, 1.82) is 0 Å². The third-order valence-corrected chi connectivity index (χ3v) is 4.67. The highest BCUT2D eigenvalue weighted by Crippen LogP contribution is 2.24. The van der Waals surface area contributed by atoms with Gasteiger partial charge in [-0.25, -0.2) is 0 Å². The first-order valence-electron chi connectivity index (χ1n) is 8.41. The maximum absolute atomic E-state index is 12.3. The molecule has 2 amide bonds. The van der Waals surface area contributed by atoms with E-state index in [1.54, 1.807) is 0 Å². The molecule has 2 rings (SSSR count). The van der Waals surface area contributed by atoms with Gasteiger partial charge >= 0.3 is 0 Å². The Bertz CT molecular complexity index is 476. The van der Waals surface area contributed by atoms with Crippen molar-refractivity contribution in [3.8, 4) is 0 Å². The highest BCUT2D eigenvalue weighted by atomic mass is 16.5. The van der Waals surface area contributed by atoms with Gasteiger partial charge < -0.3 is 10.5 Å². The van der Waals surface area contributed by atoms with Crippen LogP contribution in [-0.4, -0.2) is 49.1 Å². The predicted octanol–water partition coefficient (Wildman–Crippen LogP) is 1.02. The van der Waals surface area contributed by atoms with Gasteiger partial charge in [0.05, 0.1) is 6.04 Å². The molecule has 6 nitrogen and oxygen atoms in total. The van der Waals surface area contributed by atoms with E-state index in [4.69, 9.17) is 10.5 Å². The van der Waals surface area contributed by atoms with Gasteiger partial charge in [0, 0.05) is 43.5 Å². The number of hydrogen-bond acceptors (Lipinski definition) is 5. The van der Waals surface area contributed by atoms with Crippen molar-refractivity contribution in [3.05, 3.63) is 11.8 Å². The standard InChI is InChI=1S/C17H29N3O3/c1-17(2,3)14(18)10-15(21)19-16(22)13-4-7-20(13)11-12-5-8-23-9-6-12/h10,12-13H,4-9,11,18H2,1-3H3,(H,19,21,22)/t13-/m0/s1. The summed E-state index contributed by atoms with van der Waals surface area (Å²) in [6, 6.07) is -0.189. The largest absolute Gasteiger partial charge is 0.401 e. The number of nitrogens with zero attached hydrogens (tertiary/aromatic N) is 1. The van der Waals surface area contributed by atoms with Gasteiger partial charge in [-0.15, -0.1) is 0 Å². The number of carbonyl (C=O) groups excluding carboxylic acids is 2. The summed E-state index contributed by atoms with van der Waals surface area (Å²) in [6.07, 6.45) is 4.23. The number of carbonyl (C=O) groups is 2. The third-order valence-electron chi connectivity index (χ3n) is 4.67. The molecule has 0 aromatic carbocycles. The first-order chi connectivity index (χ1) is 10.8. The number of hydrogen-bond donors (Lipinski definition) is 2. The summed E-state index contributed by atoms with van der Waals surface area (Å²) in [4.78, 5) is 26.3. The molecule has 2 heterocycles. The van der Waals surface area contributed by atoms with Crippen molar-refractivity contribution >= 4 is 11.8 Å². The van der Waals surface area contributed by atoms with Crippen LogP contribution in [0, 0.1) is 11.3 Å². The second kappa shape index (κ2) is 7.45. The monoisotopic (exact) mass is 323 g/mol. The fraction of sp³-hybridized carbons (Fsp3) is 0.765. The Labute approximate surface area is 138 Å². The Morgan fingerprint density at radius 2 is 1.91 bits per heavy atom. The zero-order chi connectivity index (χ0) is 17.0. The van der Waals surface area contributed by atoms with Gasteiger partial charge in [-0.1, -0.05) is 20.8 Å². The van der Waals surface area contributed by atoms with E-state index >= 15 is 0 Å². The lowest BCUT2D eigenvalue weighted by molar-refractivity contribution is -0.135. The molecule has 130 valence electrons. The maximum atomic E-state index is 12.3. The summed E-state index contributed by atoms with van der Waals surface area (Å²) in [7, 11) is 0. The maximum Gasteiger partial charge on any atom is 0.252 e. The molecule has 3 N–H and O–H groups in total. The Hall–Kier alpha value is -1.40. The second-order valence-corrected chi connectivity index (χ2v) is 7.56. The quantitative estimate of drug-likeness (QED) is 0.755. The van der Waals surface area contributed by atoms with E-state index in [0.29, 0.717) is 11.6 Å². The van der Waals surface area contributed by atoms with Gasteiger partial charge in [-0.2, -0.15) is 0 Å². The van der Waals surface area contributed by atoms with Gasteiger partial charge in [0.15, 0.2) is 0 Å². The fourth-order valence-electron chi connectivity index (χ4n) is 2.82. The molecule has 0 aromatic rings. The van der Waals surface area contributed by atoms with Crippen molar-refractivity contribution in [1.82, 2.24) is 10.2 Å². The Morgan fingerprint density at radius 1 is 1.26 bits per heavy atom. The van der Waals surface area contributed by atoms with Crippen LogP contribution in [0.25, 0.3) is 0 Å².